The van der Waals surface area contributed by atoms with Crippen LogP contribution >= 0.6 is 0 Å². The zero-order valence-corrected chi connectivity index (χ0v) is 10.7. The molecule has 4 heteroatoms. The van der Waals surface area contributed by atoms with E-state index in [0.29, 0.717) is 18.4 Å². The summed E-state index contributed by atoms with van der Waals surface area (Å²) in [6.45, 7) is 2.24. The van der Waals surface area contributed by atoms with Gasteiger partial charge in [-0.25, -0.2) is 0 Å². The van der Waals surface area contributed by atoms with E-state index in [1.165, 1.54) is 5.56 Å². The lowest BCUT2D eigenvalue weighted by Gasteiger charge is -2.16. The van der Waals surface area contributed by atoms with Gasteiger partial charge in [-0.15, -0.1) is 0 Å². The summed E-state index contributed by atoms with van der Waals surface area (Å²) < 4.78 is 4.90. The molecule has 2 atom stereocenters. The first-order chi connectivity index (χ1) is 8.76. The van der Waals surface area contributed by atoms with Crippen molar-refractivity contribution in [2.75, 3.05) is 33.4 Å². The van der Waals surface area contributed by atoms with Crippen LogP contribution in [-0.4, -0.2) is 44.2 Å². The number of ether oxygens (including phenoxy) is 1. The van der Waals surface area contributed by atoms with E-state index in [4.69, 9.17) is 10.5 Å². The van der Waals surface area contributed by atoms with Crippen molar-refractivity contribution in [3.05, 3.63) is 35.9 Å². The summed E-state index contributed by atoms with van der Waals surface area (Å²) in [5, 5.41) is 0. The van der Waals surface area contributed by atoms with E-state index >= 15 is 0 Å². The maximum Gasteiger partial charge on any atom is 0.248 e. The van der Waals surface area contributed by atoms with E-state index in [0.717, 1.165) is 13.1 Å². The monoisotopic (exact) mass is 248 g/mol. The number of likely N-dealkylation sites (tertiary alicyclic amines) is 1. The Morgan fingerprint density at radius 3 is 2.72 bits per heavy atom. The standard InChI is InChI=1S/C14H20N2O2/c1-18-10-14(17)16-8-12(7-15)13(9-16)11-5-3-2-4-6-11/h2-6,12-13H,7-10,15H2,1H3/t12-,13+/m1/s1. The molecule has 1 amide bonds. The number of carbonyl (C=O) groups excluding carboxylic acids is 1. The third-order valence-corrected chi connectivity index (χ3v) is 3.59. The molecule has 1 aliphatic heterocycles. The van der Waals surface area contributed by atoms with Gasteiger partial charge < -0.3 is 15.4 Å². The molecule has 0 unspecified atom stereocenters. The highest BCUT2D eigenvalue weighted by Gasteiger charge is 2.34. The molecule has 1 heterocycles. The predicted molar refractivity (Wildman–Crippen MR) is 70.2 cm³/mol. The third-order valence-electron chi connectivity index (χ3n) is 3.59. The first-order valence-electron chi connectivity index (χ1n) is 6.28. The molecular formula is C14H20N2O2. The van der Waals surface area contributed by atoms with Crippen LogP contribution in [0, 0.1) is 5.92 Å². The van der Waals surface area contributed by atoms with Gasteiger partial charge in [-0.1, -0.05) is 30.3 Å². The number of carbonyl (C=O) groups is 1. The van der Waals surface area contributed by atoms with E-state index < -0.39 is 0 Å². The summed E-state index contributed by atoms with van der Waals surface area (Å²) in [7, 11) is 1.54. The largest absolute Gasteiger partial charge is 0.375 e. The Bertz CT molecular complexity index is 394. The number of hydrogen-bond donors (Lipinski definition) is 1. The Balaban J connectivity index is 2.10. The minimum atomic E-state index is 0.0504. The molecule has 1 fully saturated rings. The fourth-order valence-electron chi connectivity index (χ4n) is 2.61. The summed E-state index contributed by atoms with van der Waals surface area (Å²) >= 11 is 0. The molecule has 1 aliphatic rings. The van der Waals surface area contributed by atoms with Gasteiger partial charge in [0.15, 0.2) is 0 Å². The lowest BCUT2D eigenvalue weighted by Crippen LogP contribution is -2.32. The molecule has 2 N–H and O–H groups in total. The Morgan fingerprint density at radius 2 is 2.11 bits per heavy atom. The number of methoxy groups -OCH3 is 1. The first kappa shape index (κ1) is 13.1. The van der Waals surface area contributed by atoms with Crippen LogP contribution < -0.4 is 5.73 Å². The van der Waals surface area contributed by atoms with E-state index in [1.807, 2.05) is 23.1 Å². The fourth-order valence-corrected chi connectivity index (χ4v) is 2.61. The molecule has 0 bridgehead atoms. The lowest BCUT2D eigenvalue weighted by atomic mass is 9.89. The van der Waals surface area contributed by atoms with Gasteiger partial charge in [-0.2, -0.15) is 0 Å². The van der Waals surface area contributed by atoms with Crippen LogP contribution in [0.4, 0.5) is 0 Å². The smallest absolute Gasteiger partial charge is 0.248 e. The molecule has 1 aromatic carbocycles. The van der Waals surface area contributed by atoms with Crippen molar-refractivity contribution in [1.82, 2.24) is 4.90 Å². The second kappa shape index (κ2) is 5.98. The molecule has 0 aromatic heterocycles. The highest BCUT2D eigenvalue weighted by atomic mass is 16.5. The van der Waals surface area contributed by atoms with E-state index in [2.05, 4.69) is 12.1 Å². The maximum absolute atomic E-state index is 11.8. The molecular weight excluding hydrogens is 228 g/mol. The molecule has 0 saturated carbocycles. The number of nitrogens with two attached hydrogens (primary N) is 1. The van der Waals surface area contributed by atoms with Crippen molar-refractivity contribution in [3.63, 3.8) is 0 Å². The van der Waals surface area contributed by atoms with Crippen molar-refractivity contribution < 1.29 is 9.53 Å². The molecule has 98 valence electrons. The van der Waals surface area contributed by atoms with Crippen molar-refractivity contribution in [2.45, 2.75) is 5.92 Å². The second-order valence-electron chi connectivity index (χ2n) is 4.74. The average Bonchev–Trinajstić information content (AvgIpc) is 2.84. The SMILES string of the molecule is COCC(=O)N1C[C@@H](CN)[C@H](c2ccccc2)C1. The van der Waals surface area contributed by atoms with Gasteiger partial charge in [0.2, 0.25) is 5.91 Å². The molecule has 0 spiro atoms. The van der Waals surface area contributed by atoms with Gasteiger partial charge in [0.1, 0.15) is 6.61 Å². The average molecular weight is 248 g/mol. The number of nitrogens with zero attached hydrogens (tertiary/aromatic N) is 1. The quantitative estimate of drug-likeness (QED) is 0.859. The highest BCUT2D eigenvalue weighted by Crippen LogP contribution is 2.31. The Labute approximate surface area is 108 Å². The first-order valence-corrected chi connectivity index (χ1v) is 6.28. The highest BCUT2D eigenvalue weighted by molar-refractivity contribution is 5.77. The van der Waals surface area contributed by atoms with Crippen molar-refractivity contribution in [3.8, 4) is 0 Å². The van der Waals surface area contributed by atoms with E-state index in [9.17, 15) is 4.79 Å². The molecule has 1 saturated heterocycles. The molecule has 0 radical (unpaired) electrons. The van der Waals surface area contributed by atoms with Gasteiger partial charge in [-0.05, 0) is 18.0 Å². The Hall–Kier alpha value is -1.39. The molecule has 1 aromatic rings. The van der Waals surface area contributed by atoms with Gasteiger partial charge in [0, 0.05) is 26.1 Å². The molecule has 0 aliphatic carbocycles. The van der Waals surface area contributed by atoms with Gasteiger partial charge in [-0.3, -0.25) is 4.79 Å². The van der Waals surface area contributed by atoms with E-state index in [1.54, 1.807) is 7.11 Å². The van der Waals surface area contributed by atoms with Crippen molar-refractivity contribution >= 4 is 5.91 Å². The molecule has 4 nitrogen and oxygen atoms in total. The van der Waals surface area contributed by atoms with Crippen molar-refractivity contribution in [1.29, 1.82) is 0 Å². The number of amides is 1. The lowest BCUT2D eigenvalue weighted by molar-refractivity contribution is -0.134. The van der Waals surface area contributed by atoms with Crippen LogP contribution in [0.3, 0.4) is 0 Å². The summed E-state index contributed by atoms with van der Waals surface area (Å²) in [6.07, 6.45) is 0. The van der Waals surface area contributed by atoms with Gasteiger partial charge in [0.05, 0.1) is 0 Å². The van der Waals surface area contributed by atoms with Gasteiger partial charge in [0.25, 0.3) is 0 Å². The van der Waals surface area contributed by atoms with Crippen LogP contribution in [0.25, 0.3) is 0 Å². The second-order valence-corrected chi connectivity index (χ2v) is 4.74. The van der Waals surface area contributed by atoms with E-state index in [-0.39, 0.29) is 12.5 Å². The zero-order valence-electron chi connectivity index (χ0n) is 10.7. The minimum absolute atomic E-state index is 0.0504. The number of rotatable bonds is 4. The summed E-state index contributed by atoms with van der Waals surface area (Å²) in [5.74, 6) is 0.736. The van der Waals surface area contributed by atoms with Crippen molar-refractivity contribution in [2.24, 2.45) is 11.7 Å². The molecule has 18 heavy (non-hydrogen) atoms. The van der Waals surface area contributed by atoms with Crippen LogP contribution in [0.5, 0.6) is 0 Å². The predicted octanol–water partition coefficient (Wildman–Crippen LogP) is 0.834. The van der Waals surface area contributed by atoms with Crippen LogP contribution in [0.2, 0.25) is 0 Å². The maximum atomic E-state index is 11.8. The zero-order chi connectivity index (χ0) is 13.0. The van der Waals surface area contributed by atoms with Crippen LogP contribution in [0.1, 0.15) is 11.5 Å². The van der Waals surface area contributed by atoms with Gasteiger partial charge >= 0.3 is 0 Å². The Morgan fingerprint density at radius 1 is 1.39 bits per heavy atom. The fraction of sp³-hybridized carbons (Fsp3) is 0.500. The minimum Gasteiger partial charge on any atom is -0.375 e. The van der Waals surface area contributed by atoms with Crippen LogP contribution in [-0.2, 0) is 9.53 Å². The normalized spacial score (nSPS) is 23.3. The number of benzene rings is 1. The van der Waals surface area contributed by atoms with Crippen LogP contribution in [0.15, 0.2) is 30.3 Å². The topological polar surface area (TPSA) is 55.6 Å². The summed E-state index contributed by atoms with van der Waals surface area (Å²) in [4.78, 5) is 13.7. The number of hydrogen-bond acceptors (Lipinski definition) is 3. The summed E-state index contributed by atoms with van der Waals surface area (Å²) in [5.41, 5.74) is 7.09. The summed E-state index contributed by atoms with van der Waals surface area (Å²) in [6, 6.07) is 10.3. The molecule has 2 rings (SSSR count). The Kier molecular flexibility index (Phi) is 4.33. The third kappa shape index (κ3) is 2.71.